The van der Waals surface area contributed by atoms with E-state index in [9.17, 15) is 4.79 Å². The Bertz CT molecular complexity index is 1450. The summed E-state index contributed by atoms with van der Waals surface area (Å²) in [5.41, 5.74) is 3.64. The van der Waals surface area contributed by atoms with E-state index in [1.807, 2.05) is 79.9 Å². The van der Waals surface area contributed by atoms with Crippen LogP contribution in [0.5, 0.6) is 5.75 Å². The Balaban J connectivity index is 1.36. The van der Waals surface area contributed by atoms with Crippen molar-refractivity contribution in [3.05, 3.63) is 89.4 Å². The van der Waals surface area contributed by atoms with E-state index in [1.54, 1.807) is 4.68 Å². The number of amides is 1. The molecule has 6 nitrogen and oxygen atoms in total. The molecule has 1 amide bonds. The molecule has 0 bridgehead atoms. The fraction of sp³-hybridized carbons (Fsp3) is 0.148. The number of carbonyl (C=O) groups is 1. The summed E-state index contributed by atoms with van der Waals surface area (Å²) in [4.78, 5) is 17.7. The van der Waals surface area contributed by atoms with Gasteiger partial charge in [0.15, 0.2) is 0 Å². The quantitative estimate of drug-likeness (QED) is 0.316. The second-order valence-corrected chi connectivity index (χ2v) is 8.76. The fourth-order valence-electron chi connectivity index (χ4n) is 3.92. The number of hydrogen-bond donors (Lipinski definition) is 1. The maximum atomic E-state index is 12.9. The Hall–Kier alpha value is -3.97. The number of anilines is 1. The van der Waals surface area contributed by atoms with E-state index in [2.05, 4.69) is 22.5 Å². The number of aryl methyl sites for hydroxylation is 1. The molecular weight excluding hydrogens is 444 g/mol. The molecule has 3 aromatic carbocycles. The maximum Gasteiger partial charge on any atom is 0.229 e. The molecule has 5 aromatic rings. The first kappa shape index (κ1) is 21.9. The molecule has 0 aliphatic rings. The molecule has 170 valence electrons. The van der Waals surface area contributed by atoms with Gasteiger partial charge in [0, 0.05) is 17.0 Å². The molecule has 0 aliphatic carbocycles. The minimum absolute atomic E-state index is 0.0965. The third-order valence-corrected chi connectivity index (χ3v) is 6.28. The van der Waals surface area contributed by atoms with Crippen LogP contribution in [0.25, 0.3) is 27.2 Å². The zero-order valence-electron chi connectivity index (χ0n) is 19.0. The summed E-state index contributed by atoms with van der Waals surface area (Å²) < 4.78 is 7.21. The van der Waals surface area contributed by atoms with Crippen LogP contribution >= 0.6 is 11.3 Å². The third kappa shape index (κ3) is 4.56. The summed E-state index contributed by atoms with van der Waals surface area (Å²) in [5, 5.41) is 12.5. The molecule has 34 heavy (non-hydrogen) atoms. The maximum absolute atomic E-state index is 12.9. The second-order valence-electron chi connectivity index (χ2n) is 7.92. The van der Waals surface area contributed by atoms with E-state index < -0.39 is 0 Å². The molecule has 0 unspecified atom stereocenters. The van der Waals surface area contributed by atoms with Gasteiger partial charge >= 0.3 is 0 Å². The van der Waals surface area contributed by atoms with Crippen molar-refractivity contribution < 1.29 is 9.53 Å². The molecule has 1 N–H and O–H groups in total. The van der Waals surface area contributed by atoms with Crippen molar-refractivity contribution >= 4 is 33.8 Å². The van der Waals surface area contributed by atoms with Gasteiger partial charge in [-0.05, 0) is 54.4 Å². The highest BCUT2D eigenvalue weighted by molar-refractivity contribution is 7.12. The number of benzene rings is 3. The van der Waals surface area contributed by atoms with Gasteiger partial charge in [-0.15, -0.1) is 11.3 Å². The van der Waals surface area contributed by atoms with Crippen molar-refractivity contribution in [2.45, 2.75) is 20.3 Å². The molecule has 0 fully saturated rings. The van der Waals surface area contributed by atoms with Crippen LogP contribution in [0.15, 0.2) is 78.2 Å². The minimum Gasteiger partial charge on any atom is -0.494 e. The zero-order valence-corrected chi connectivity index (χ0v) is 19.8. The average molecular weight is 469 g/mol. The lowest BCUT2D eigenvalue weighted by Crippen LogP contribution is -2.17. The van der Waals surface area contributed by atoms with E-state index in [-0.39, 0.29) is 12.3 Å². The Labute approximate surface area is 201 Å². The van der Waals surface area contributed by atoms with Crippen LogP contribution in [0, 0.1) is 6.92 Å². The molecule has 0 saturated heterocycles. The number of nitrogens with one attached hydrogen (secondary N) is 1. The first-order valence-corrected chi connectivity index (χ1v) is 12.0. The van der Waals surface area contributed by atoms with E-state index >= 15 is 0 Å². The molecular formula is C27H24N4O2S. The van der Waals surface area contributed by atoms with Crippen LogP contribution in [0.3, 0.4) is 0 Å². The largest absolute Gasteiger partial charge is 0.494 e. The molecule has 0 saturated carbocycles. The Morgan fingerprint density at radius 1 is 1.06 bits per heavy atom. The van der Waals surface area contributed by atoms with Gasteiger partial charge in [0.2, 0.25) is 11.0 Å². The van der Waals surface area contributed by atoms with Gasteiger partial charge in [-0.25, -0.2) is 4.98 Å². The average Bonchev–Trinajstić information content (AvgIpc) is 3.47. The van der Waals surface area contributed by atoms with Gasteiger partial charge in [0.1, 0.15) is 11.6 Å². The summed E-state index contributed by atoms with van der Waals surface area (Å²) in [6.45, 7) is 4.50. The van der Waals surface area contributed by atoms with Crippen LogP contribution in [0.2, 0.25) is 0 Å². The third-order valence-electron chi connectivity index (χ3n) is 5.46. The number of rotatable bonds is 7. The Morgan fingerprint density at radius 3 is 2.68 bits per heavy atom. The highest BCUT2D eigenvalue weighted by Gasteiger charge is 2.15. The van der Waals surface area contributed by atoms with E-state index in [0.29, 0.717) is 17.6 Å². The summed E-state index contributed by atoms with van der Waals surface area (Å²) >= 11 is 1.48. The van der Waals surface area contributed by atoms with Crippen LogP contribution in [-0.4, -0.2) is 27.3 Å². The molecule has 2 aromatic heterocycles. The number of ether oxygens (including phenoxy) is 1. The number of fused-ring (bicyclic) bond motifs is 1. The normalized spacial score (nSPS) is 11.0. The molecule has 2 heterocycles. The number of aromatic nitrogens is 3. The van der Waals surface area contributed by atoms with Crippen LogP contribution < -0.4 is 10.1 Å². The summed E-state index contributed by atoms with van der Waals surface area (Å²) in [7, 11) is 0. The van der Waals surface area contributed by atoms with E-state index in [0.717, 1.165) is 39.0 Å². The molecule has 0 spiro atoms. The van der Waals surface area contributed by atoms with Crippen molar-refractivity contribution in [2.24, 2.45) is 0 Å². The first-order valence-electron chi connectivity index (χ1n) is 11.1. The Morgan fingerprint density at radius 2 is 1.85 bits per heavy atom. The lowest BCUT2D eigenvalue weighted by molar-refractivity contribution is -0.115. The number of carbonyl (C=O) groups excluding carboxylic acids is 1. The SMILES string of the molecule is CCOc1ccc(-c2csc(-n3nc(C)cc3NC(=O)Cc3cccc4ccccc34)n2)cc1. The predicted molar refractivity (Wildman–Crippen MR) is 137 cm³/mol. The van der Waals surface area contributed by atoms with E-state index in [1.165, 1.54) is 11.3 Å². The monoisotopic (exact) mass is 468 g/mol. The smallest absolute Gasteiger partial charge is 0.229 e. The van der Waals surface area contributed by atoms with Crippen molar-refractivity contribution in [2.75, 3.05) is 11.9 Å². The topological polar surface area (TPSA) is 69.0 Å². The van der Waals surface area contributed by atoms with Crippen molar-refractivity contribution in [3.63, 3.8) is 0 Å². The molecule has 5 rings (SSSR count). The second kappa shape index (κ2) is 9.49. The van der Waals surface area contributed by atoms with Gasteiger partial charge < -0.3 is 10.1 Å². The lowest BCUT2D eigenvalue weighted by Gasteiger charge is -2.09. The fourth-order valence-corrected chi connectivity index (χ4v) is 4.72. The van der Waals surface area contributed by atoms with Crippen LogP contribution in [-0.2, 0) is 11.2 Å². The highest BCUT2D eigenvalue weighted by atomic mass is 32.1. The molecule has 0 atom stereocenters. The number of hydrogen-bond acceptors (Lipinski definition) is 5. The number of nitrogens with zero attached hydrogens (tertiary/aromatic N) is 3. The van der Waals surface area contributed by atoms with E-state index in [4.69, 9.17) is 9.72 Å². The Kier molecular flexibility index (Phi) is 6.10. The van der Waals surface area contributed by atoms with Gasteiger partial charge in [-0.3, -0.25) is 4.79 Å². The van der Waals surface area contributed by atoms with Crippen molar-refractivity contribution in [3.8, 4) is 22.1 Å². The molecule has 7 heteroatoms. The predicted octanol–water partition coefficient (Wildman–Crippen LogP) is 6.04. The lowest BCUT2D eigenvalue weighted by atomic mass is 10.0. The molecule has 0 aliphatic heterocycles. The highest BCUT2D eigenvalue weighted by Crippen LogP contribution is 2.28. The summed E-state index contributed by atoms with van der Waals surface area (Å²) in [5.74, 6) is 1.34. The summed E-state index contributed by atoms with van der Waals surface area (Å²) in [6, 6.07) is 23.9. The van der Waals surface area contributed by atoms with Gasteiger partial charge in [0.25, 0.3) is 0 Å². The van der Waals surface area contributed by atoms with Crippen molar-refractivity contribution in [1.29, 1.82) is 0 Å². The summed E-state index contributed by atoms with van der Waals surface area (Å²) in [6.07, 6.45) is 0.279. The van der Waals surface area contributed by atoms with Crippen LogP contribution in [0.4, 0.5) is 5.82 Å². The van der Waals surface area contributed by atoms with Gasteiger partial charge in [0.05, 0.1) is 24.4 Å². The standard InChI is InChI=1S/C27H24N4O2S/c1-3-33-22-13-11-20(12-14-22)24-17-34-27(28-24)31-25(15-18(2)30-31)29-26(32)16-21-9-6-8-19-7-4-5-10-23(19)21/h4-15,17H,3,16H2,1-2H3,(H,29,32). The minimum atomic E-state index is -0.0965. The first-order chi connectivity index (χ1) is 16.6. The van der Waals surface area contributed by atoms with Gasteiger partial charge in [-0.1, -0.05) is 42.5 Å². The van der Waals surface area contributed by atoms with Crippen molar-refractivity contribution in [1.82, 2.24) is 14.8 Å². The zero-order chi connectivity index (χ0) is 23.5. The molecule has 0 radical (unpaired) electrons. The van der Waals surface area contributed by atoms with Gasteiger partial charge in [-0.2, -0.15) is 9.78 Å². The number of thiazole rings is 1. The van der Waals surface area contributed by atoms with Crippen LogP contribution in [0.1, 0.15) is 18.2 Å².